The van der Waals surface area contributed by atoms with Crippen LogP contribution in [-0.4, -0.2) is 31.5 Å². The van der Waals surface area contributed by atoms with Gasteiger partial charge in [-0.3, -0.25) is 19.2 Å². The Labute approximate surface area is 170 Å². The van der Waals surface area contributed by atoms with Crippen LogP contribution in [0.4, 0.5) is 11.4 Å². The molecule has 8 nitrogen and oxygen atoms in total. The van der Waals surface area contributed by atoms with E-state index in [-0.39, 0.29) is 17.4 Å². The van der Waals surface area contributed by atoms with Gasteiger partial charge in [-0.2, -0.15) is 0 Å². The van der Waals surface area contributed by atoms with Gasteiger partial charge in [0.2, 0.25) is 15.9 Å². The van der Waals surface area contributed by atoms with E-state index in [1.807, 2.05) is 39.0 Å². The number of hydrogen-bond donors (Lipinski definition) is 1. The van der Waals surface area contributed by atoms with Crippen molar-refractivity contribution < 1.29 is 18.1 Å². The van der Waals surface area contributed by atoms with Crippen molar-refractivity contribution in [1.29, 1.82) is 0 Å². The molecule has 2 aromatic rings. The smallest absolute Gasteiger partial charge is 0.271 e. The van der Waals surface area contributed by atoms with E-state index in [1.54, 1.807) is 0 Å². The molecule has 0 spiro atoms. The van der Waals surface area contributed by atoms with Crippen molar-refractivity contribution in [3.8, 4) is 0 Å². The first-order valence-corrected chi connectivity index (χ1v) is 10.9. The second-order valence-corrected chi connectivity index (χ2v) is 8.96. The van der Waals surface area contributed by atoms with Crippen molar-refractivity contribution in [2.45, 2.75) is 39.8 Å². The number of nitro groups is 1. The number of benzene rings is 2. The second kappa shape index (κ2) is 8.60. The van der Waals surface area contributed by atoms with Gasteiger partial charge in [0.25, 0.3) is 5.69 Å². The molecule has 0 bridgehead atoms. The SMILES string of the molecule is Cc1ccc(C)c([C@H](C)NC(=O)[C@H](C)N(c2cccc([N+](=O)[O-])c2)S(C)(=O)=O)c1. The van der Waals surface area contributed by atoms with Crippen LogP contribution in [-0.2, 0) is 14.8 Å². The number of nitrogens with zero attached hydrogens (tertiary/aromatic N) is 2. The Bertz CT molecular complexity index is 1040. The highest BCUT2D eigenvalue weighted by molar-refractivity contribution is 7.92. The van der Waals surface area contributed by atoms with Crippen LogP contribution in [0.3, 0.4) is 0 Å². The number of aryl methyl sites for hydroxylation is 2. The van der Waals surface area contributed by atoms with Crippen LogP contribution in [0.2, 0.25) is 0 Å². The van der Waals surface area contributed by atoms with Gasteiger partial charge in [-0.1, -0.05) is 29.8 Å². The monoisotopic (exact) mass is 419 g/mol. The zero-order valence-corrected chi connectivity index (χ0v) is 17.9. The third kappa shape index (κ3) is 5.32. The highest BCUT2D eigenvalue weighted by atomic mass is 32.2. The third-order valence-corrected chi connectivity index (χ3v) is 5.89. The predicted molar refractivity (Wildman–Crippen MR) is 112 cm³/mol. The maximum absolute atomic E-state index is 12.9. The number of hydrogen-bond acceptors (Lipinski definition) is 5. The summed E-state index contributed by atoms with van der Waals surface area (Å²) in [5.41, 5.74) is 2.80. The summed E-state index contributed by atoms with van der Waals surface area (Å²) in [6.45, 7) is 7.16. The lowest BCUT2D eigenvalue weighted by Crippen LogP contribution is -2.48. The largest absolute Gasteiger partial charge is 0.348 e. The van der Waals surface area contributed by atoms with Crippen molar-refractivity contribution in [2.75, 3.05) is 10.6 Å². The number of carbonyl (C=O) groups is 1. The van der Waals surface area contributed by atoms with Gasteiger partial charge in [0, 0.05) is 12.1 Å². The molecule has 0 heterocycles. The number of rotatable bonds is 7. The van der Waals surface area contributed by atoms with Gasteiger partial charge in [-0.05, 0) is 44.9 Å². The number of carbonyl (C=O) groups excluding carboxylic acids is 1. The van der Waals surface area contributed by atoms with Crippen LogP contribution in [0, 0.1) is 24.0 Å². The van der Waals surface area contributed by atoms with E-state index < -0.39 is 26.9 Å². The normalized spacial score (nSPS) is 13.4. The van der Waals surface area contributed by atoms with Crippen molar-refractivity contribution in [3.05, 3.63) is 69.3 Å². The van der Waals surface area contributed by atoms with Gasteiger partial charge in [0.05, 0.1) is 22.9 Å². The number of nitrogens with one attached hydrogen (secondary N) is 1. The molecule has 0 aliphatic rings. The predicted octanol–water partition coefficient (Wildman–Crippen LogP) is 3.24. The Morgan fingerprint density at radius 2 is 1.79 bits per heavy atom. The zero-order chi connectivity index (χ0) is 21.9. The van der Waals surface area contributed by atoms with Crippen LogP contribution in [0.1, 0.15) is 36.6 Å². The lowest BCUT2D eigenvalue weighted by atomic mass is 10.00. The molecule has 0 aliphatic carbocycles. The molecule has 0 aliphatic heterocycles. The molecule has 156 valence electrons. The Hall–Kier alpha value is -2.94. The molecule has 2 rings (SSSR count). The van der Waals surface area contributed by atoms with Crippen LogP contribution >= 0.6 is 0 Å². The summed E-state index contributed by atoms with van der Waals surface area (Å²) in [6, 6.07) is 9.68. The molecule has 0 fully saturated rings. The first-order valence-electron chi connectivity index (χ1n) is 9.03. The average Bonchev–Trinajstić information content (AvgIpc) is 2.62. The molecule has 0 saturated carbocycles. The molecular formula is C20H25N3O5S. The van der Waals surface area contributed by atoms with E-state index in [4.69, 9.17) is 0 Å². The van der Waals surface area contributed by atoms with E-state index in [1.165, 1.54) is 25.1 Å². The molecular weight excluding hydrogens is 394 g/mol. The van der Waals surface area contributed by atoms with Gasteiger partial charge in [-0.15, -0.1) is 0 Å². The molecule has 0 radical (unpaired) electrons. The van der Waals surface area contributed by atoms with Gasteiger partial charge in [-0.25, -0.2) is 8.42 Å². The van der Waals surface area contributed by atoms with Gasteiger partial charge < -0.3 is 5.32 Å². The second-order valence-electron chi connectivity index (χ2n) is 7.10. The summed E-state index contributed by atoms with van der Waals surface area (Å²) in [4.78, 5) is 23.3. The first kappa shape index (κ1) is 22.4. The summed E-state index contributed by atoms with van der Waals surface area (Å²) in [5.74, 6) is -0.504. The van der Waals surface area contributed by atoms with Crippen molar-refractivity contribution in [3.63, 3.8) is 0 Å². The fourth-order valence-corrected chi connectivity index (χ4v) is 4.36. The molecule has 0 aromatic heterocycles. The van der Waals surface area contributed by atoms with E-state index in [0.717, 1.165) is 33.3 Å². The fourth-order valence-electron chi connectivity index (χ4n) is 3.19. The summed E-state index contributed by atoms with van der Waals surface area (Å²) < 4.78 is 25.7. The van der Waals surface area contributed by atoms with Crippen LogP contribution < -0.4 is 9.62 Å². The van der Waals surface area contributed by atoms with Gasteiger partial charge >= 0.3 is 0 Å². The quantitative estimate of drug-likeness (QED) is 0.547. The number of amides is 1. The maximum atomic E-state index is 12.9. The molecule has 1 N–H and O–H groups in total. The molecule has 0 unspecified atom stereocenters. The Kier molecular flexibility index (Phi) is 6.63. The fraction of sp³-hybridized carbons (Fsp3) is 0.350. The highest BCUT2D eigenvalue weighted by Gasteiger charge is 2.31. The minimum Gasteiger partial charge on any atom is -0.348 e. The Morgan fingerprint density at radius 3 is 2.38 bits per heavy atom. The number of nitro benzene ring substituents is 1. The standard InChI is InChI=1S/C20H25N3O5S/c1-13-9-10-14(2)19(11-13)15(3)21-20(24)16(4)22(29(5,27)28)17-7-6-8-18(12-17)23(25)26/h6-12,15-16H,1-5H3,(H,21,24)/t15-,16-/m0/s1. The lowest BCUT2D eigenvalue weighted by Gasteiger charge is -2.29. The summed E-state index contributed by atoms with van der Waals surface area (Å²) >= 11 is 0. The van der Waals surface area contributed by atoms with Gasteiger partial charge in [0.15, 0.2) is 0 Å². The summed E-state index contributed by atoms with van der Waals surface area (Å²) in [7, 11) is -3.87. The first-order chi connectivity index (χ1) is 13.4. The number of sulfonamides is 1. The highest BCUT2D eigenvalue weighted by Crippen LogP contribution is 2.26. The zero-order valence-electron chi connectivity index (χ0n) is 17.0. The van der Waals surface area contributed by atoms with Crippen LogP contribution in [0.5, 0.6) is 0 Å². The third-order valence-electron chi connectivity index (χ3n) is 4.64. The van der Waals surface area contributed by atoms with Crippen molar-refractivity contribution in [2.24, 2.45) is 0 Å². The molecule has 0 saturated heterocycles. The molecule has 2 atom stereocenters. The van der Waals surface area contributed by atoms with E-state index in [0.29, 0.717) is 0 Å². The Balaban J connectivity index is 2.33. The summed E-state index contributed by atoms with van der Waals surface area (Å²) in [6.07, 6.45) is 0.962. The molecule has 1 amide bonds. The van der Waals surface area contributed by atoms with E-state index >= 15 is 0 Å². The molecule has 29 heavy (non-hydrogen) atoms. The van der Waals surface area contributed by atoms with Gasteiger partial charge in [0.1, 0.15) is 6.04 Å². The minimum atomic E-state index is -3.87. The molecule has 9 heteroatoms. The van der Waals surface area contributed by atoms with Crippen molar-refractivity contribution in [1.82, 2.24) is 5.32 Å². The van der Waals surface area contributed by atoms with Crippen molar-refractivity contribution >= 4 is 27.3 Å². The maximum Gasteiger partial charge on any atom is 0.271 e. The Morgan fingerprint density at radius 1 is 1.14 bits per heavy atom. The summed E-state index contributed by atoms with van der Waals surface area (Å²) in [5, 5.41) is 13.9. The number of anilines is 1. The van der Waals surface area contributed by atoms with Crippen LogP contribution in [0.15, 0.2) is 42.5 Å². The van der Waals surface area contributed by atoms with Crippen LogP contribution in [0.25, 0.3) is 0 Å². The number of non-ortho nitro benzene ring substituents is 1. The van der Waals surface area contributed by atoms with E-state index in [2.05, 4.69) is 5.32 Å². The van der Waals surface area contributed by atoms with E-state index in [9.17, 15) is 23.3 Å². The molecule has 2 aromatic carbocycles. The lowest BCUT2D eigenvalue weighted by molar-refractivity contribution is -0.384. The average molecular weight is 420 g/mol. The topological polar surface area (TPSA) is 110 Å². The minimum absolute atomic E-state index is 0.0590.